The van der Waals surface area contributed by atoms with Crippen molar-refractivity contribution in [2.45, 2.75) is 26.4 Å². The van der Waals surface area contributed by atoms with Gasteiger partial charge in [-0.15, -0.1) is 0 Å². The van der Waals surface area contributed by atoms with Gasteiger partial charge < -0.3 is 9.84 Å². The van der Waals surface area contributed by atoms with Gasteiger partial charge in [0.2, 0.25) is 0 Å². The zero-order valence-corrected chi connectivity index (χ0v) is 14.3. The molecule has 0 atom stereocenters. The molecule has 0 radical (unpaired) electrons. The normalized spacial score (nSPS) is 11.3. The number of nitrogens with zero attached hydrogens (tertiary/aromatic N) is 2. The lowest BCUT2D eigenvalue weighted by Crippen LogP contribution is -2.27. The van der Waals surface area contributed by atoms with E-state index in [2.05, 4.69) is 15.3 Å². The molecule has 1 amide bonds. The highest BCUT2D eigenvalue weighted by molar-refractivity contribution is 5.84. The number of aromatic nitrogens is 2. The number of nitrogens with one attached hydrogen (secondary N) is 1. The molecule has 3 rings (SSSR count). The number of fused-ring (bicyclic) bond motifs is 1. The minimum Gasteiger partial charge on any atom is -0.508 e. The van der Waals surface area contributed by atoms with Crippen LogP contribution < -0.4 is 5.32 Å². The summed E-state index contributed by atoms with van der Waals surface area (Å²) >= 11 is 0. The Morgan fingerprint density at radius 2 is 1.92 bits per heavy atom. The summed E-state index contributed by atoms with van der Waals surface area (Å²) in [6.07, 6.45) is 1.10. The van der Waals surface area contributed by atoms with Crippen molar-refractivity contribution in [3.63, 3.8) is 0 Å². The molecule has 6 heteroatoms. The van der Waals surface area contributed by atoms with Crippen molar-refractivity contribution < 1.29 is 14.6 Å². The topological polar surface area (TPSA) is 84.3 Å². The summed E-state index contributed by atoms with van der Waals surface area (Å²) in [4.78, 5) is 20.5. The van der Waals surface area contributed by atoms with Gasteiger partial charge >= 0.3 is 6.09 Å². The van der Waals surface area contributed by atoms with Gasteiger partial charge in [0, 0.05) is 17.1 Å². The standard InChI is InChI=1S/C19H19N3O3/c1-19(2,3)25-18(24)22-17-9-5-13(11-20-17)16-7-4-12-10-14(23)6-8-15(12)21-16/h4-11,23H,1-3H3,(H,20,22,24). The molecule has 25 heavy (non-hydrogen) atoms. The summed E-state index contributed by atoms with van der Waals surface area (Å²) in [6, 6.07) is 12.3. The minimum atomic E-state index is -0.562. The van der Waals surface area contributed by atoms with Crippen LogP contribution in [0.15, 0.2) is 48.7 Å². The van der Waals surface area contributed by atoms with Crippen LogP contribution in [0.2, 0.25) is 0 Å². The van der Waals surface area contributed by atoms with Crippen molar-refractivity contribution in [1.29, 1.82) is 0 Å². The third kappa shape index (κ3) is 4.23. The molecule has 0 saturated heterocycles. The maximum absolute atomic E-state index is 11.8. The van der Waals surface area contributed by atoms with Gasteiger partial charge in [-0.3, -0.25) is 5.32 Å². The first-order chi connectivity index (χ1) is 11.8. The number of carbonyl (C=O) groups is 1. The highest BCUT2D eigenvalue weighted by atomic mass is 16.6. The number of hydrogen-bond donors (Lipinski definition) is 2. The van der Waals surface area contributed by atoms with Crippen LogP contribution in [0.1, 0.15) is 20.8 Å². The van der Waals surface area contributed by atoms with Gasteiger partial charge in [-0.05, 0) is 57.2 Å². The van der Waals surface area contributed by atoms with Crippen LogP contribution in [-0.4, -0.2) is 26.8 Å². The molecule has 2 N–H and O–H groups in total. The lowest BCUT2D eigenvalue weighted by atomic mass is 10.1. The highest BCUT2D eigenvalue weighted by Gasteiger charge is 2.16. The molecule has 3 aromatic rings. The fourth-order valence-electron chi connectivity index (χ4n) is 2.30. The molecule has 0 fully saturated rings. The van der Waals surface area contributed by atoms with Crippen LogP contribution in [0.3, 0.4) is 0 Å². The first-order valence-corrected chi connectivity index (χ1v) is 7.86. The second kappa shape index (κ2) is 6.39. The lowest BCUT2D eigenvalue weighted by Gasteiger charge is -2.19. The number of aromatic hydroxyl groups is 1. The van der Waals surface area contributed by atoms with Crippen LogP contribution in [0, 0.1) is 0 Å². The summed E-state index contributed by atoms with van der Waals surface area (Å²) in [5.74, 6) is 0.616. The average molecular weight is 337 g/mol. The third-order valence-corrected chi connectivity index (χ3v) is 3.36. The number of amides is 1. The number of pyridine rings is 2. The van der Waals surface area contributed by atoms with Crippen LogP contribution in [0.25, 0.3) is 22.2 Å². The van der Waals surface area contributed by atoms with E-state index in [0.717, 1.165) is 22.2 Å². The van der Waals surface area contributed by atoms with Crippen molar-refractivity contribution in [1.82, 2.24) is 9.97 Å². The molecular formula is C19H19N3O3. The molecule has 0 spiro atoms. The van der Waals surface area contributed by atoms with E-state index in [1.54, 1.807) is 51.2 Å². The Morgan fingerprint density at radius 3 is 2.60 bits per heavy atom. The summed E-state index contributed by atoms with van der Waals surface area (Å²) in [5, 5.41) is 13.0. The Bertz CT molecular complexity index is 915. The van der Waals surface area contributed by atoms with Crippen molar-refractivity contribution in [2.24, 2.45) is 0 Å². The zero-order chi connectivity index (χ0) is 18.0. The quantitative estimate of drug-likeness (QED) is 0.726. The molecule has 0 unspecified atom stereocenters. The molecule has 2 heterocycles. The molecule has 0 aliphatic heterocycles. The first-order valence-electron chi connectivity index (χ1n) is 7.86. The second-order valence-electron chi connectivity index (χ2n) is 6.63. The van der Waals surface area contributed by atoms with Crippen LogP contribution >= 0.6 is 0 Å². The van der Waals surface area contributed by atoms with Gasteiger partial charge in [-0.1, -0.05) is 6.07 Å². The van der Waals surface area contributed by atoms with Gasteiger partial charge in [0.1, 0.15) is 17.2 Å². The van der Waals surface area contributed by atoms with E-state index in [1.807, 2.05) is 18.2 Å². The average Bonchev–Trinajstić information content (AvgIpc) is 2.53. The maximum Gasteiger partial charge on any atom is 0.413 e. The monoisotopic (exact) mass is 337 g/mol. The van der Waals surface area contributed by atoms with Crippen LogP contribution in [-0.2, 0) is 4.74 Å². The fraction of sp³-hybridized carbons (Fsp3) is 0.211. The van der Waals surface area contributed by atoms with Crippen LogP contribution in [0.4, 0.5) is 10.6 Å². The van der Waals surface area contributed by atoms with Crippen molar-refractivity contribution >= 4 is 22.8 Å². The van der Waals surface area contributed by atoms with Crippen molar-refractivity contribution in [2.75, 3.05) is 5.32 Å². The fourth-order valence-corrected chi connectivity index (χ4v) is 2.30. The maximum atomic E-state index is 11.8. The molecule has 0 aliphatic rings. The smallest absolute Gasteiger partial charge is 0.413 e. The Kier molecular flexibility index (Phi) is 4.27. The number of phenolic OH excluding ortho intramolecular Hbond substituents is 1. The zero-order valence-electron chi connectivity index (χ0n) is 14.3. The Morgan fingerprint density at radius 1 is 1.12 bits per heavy atom. The number of phenols is 1. The molecule has 1 aromatic carbocycles. The van der Waals surface area contributed by atoms with E-state index >= 15 is 0 Å². The van der Waals surface area contributed by atoms with E-state index < -0.39 is 11.7 Å². The third-order valence-electron chi connectivity index (χ3n) is 3.36. The van der Waals surface area contributed by atoms with Gasteiger partial charge in [0.25, 0.3) is 0 Å². The van der Waals surface area contributed by atoms with E-state index in [0.29, 0.717) is 5.82 Å². The van der Waals surface area contributed by atoms with E-state index in [4.69, 9.17) is 4.74 Å². The summed E-state index contributed by atoms with van der Waals surface area (Å²) in [6.45, 7) is 5.40. The lowest BCUT2D eigenvalue weighted by molar-refractivity contribution is 0.0635. The van der Waals surface area contributed by atoms with Gasteiger partial charge in [-0.2, -0.15) is 0 Å². The highest BCUT2D eigenvalue weighted by Crippen LogP contribution is 2.23. The molecule has 0 aliphatic carbocycles. The number of benzene rings is 1. The predicted molar refractivity (Wildman–Crippen MR) is 96.5 cm³/mol. The Hall–Kier alpha value is -3.15. The van der Waals surface area contributed by atoms with Crippen LogP contribution in [0.5, 0.6) is 5.75 Å². The number of carbonyl (C=O) groups excluding carboxylic acids is 1. The number of anilines is 1. The molecular weight excluding hydrogens is 318 g/mol. The number of rotatable bonds is 2. The van der Waals surface area contributed by atoms with Crippen molar-refractivity contribution in [3.8, 4) is 17.0 Å². The molecule has 6 nitrogen and oxygen atoms in total. The number of ether oxygens (including phenoxy) is 1. The largest absolute Gasteiger partial charge is 0.508 e. The van der Waals surface area contributed by atoms with Gasteiger partial charge in [0.05, 0.1) is 11.2 Å². The second-order valence-corrected chi connectivity index (χ2v) is 6.63. The van der Waals surface area contributed by atoms with E-state index in [1.165, 1.54) is 0 Å². The van der Waals surface area contributed by atoms with Gasteiger partial charge in [-0.25, -0.2) is 14.8 Å². The predicted octanol–water partition coefficient (Wildman–Crippen LogP) is 4.35. The SMILES string of the molecule is CC(C)(C)OC(=O)Nc1ccc(-c2ccc3cc(O)ccc3n2)cn1. The molecule has 0 bridgehead atoms. The molecule has 128 valence electrons. The van der Waals surface area contributed by atoms with E-state index in [-0.39, 0.29) is 5.75 Å². The molecule has 2 aromatic heterocycles. The molecule has 0 saturated carbocycles. The minimum absolute atomic E-state index is 0.210. The summed E-state index contributed by atoms with van der Waals surface area (Å²) in [5.41, 5.74) is 1.80. The summed E-state index contributed by atoms with van der Waals surface area (Å²) < 4.78 is 5.19. The van der Waals surface area contributed by atoms with Gasteiger partial charge in [0.15, 0.2) is 0 Å². The summed E-state index contributed by atoms with van der Waals surface area (Å²) in [7, 11) is 0. The first kappa shape index (κ1) is 16.7. The Labute approximate surface area is 145 Å². The van der Waals surface area contributed by atoms with Crippen molar-refractivity contribution in [3.05, 3.63) is 48.7 Å². The Balaban J connectivity index is 1.78. The number of hydrogen-bond acceptors (Lipinski definition) is 5. The van der Waals surface area contributed by atoms with E-state index in [9.17, 15) is 9.90 Å².